The molecule has 0 unspecified atom stereocenters. The van der Waals surface area contributed by atoms with Crippen LogP contribution >= 0.6 is 0 Å². The molecule has 0 radical (unpaired) electrons. The van der Waals surface area contributed by atoms with Gasteiger partial charge < -0.3 is 9.67 Å². The maximum atomic E-state index is 11.0. The number of carboxylic acid groups (broad SMARTS) is 1. The SMILES string of the molecule is Cc1nc(C(=O)O)c(C)n1CC1=CC=CCC1. The second-order valence-electron chi connectivity index (χ2n) is 4.28. The van der Waals surface area contributed by atoms with Crippen LogP contribution in [0.3, 0.4) is 0 Å². The number of aromatic carboxylic acids is 1. The molecule has 1 N–H and O–H groups in total. The minimum atomic E-state index is -0.957. The van der Waals surface area contributed by atoms with Crippen LogP contribution in [0.5, 0.6) is 0 Å². The molecule has 1 heterocycles. The van der Waals surface area contributed by atoms with Gasteiger partial charge in [-0.25, -0.2) is 9.78 Å². The number of aryl methyl sites for hydroxylation is 1. The monoisotopic (exact) mass is 232 g/mol. The zero-order valence-electron chi connectivity index (χ0n) is 10.1. The Bertz CT molecular complexity index is 510. The third-order valence-electron chi connectivity index (χ3n) is 3.08. The Morgan fingerprint density at radius 3 is 2.82 bits per heavy atom. The van der Waals surface area contributed by atoms with E-state index in [1.165, 1.54) is 5.57 Å². The molecule has 0 saturated heterocycles. The van der Waals surface area contributed by atoms with Crippen LogP contribution in [0.1, 0.15) is 34.8 Å². The molecule has 1 aliphatic carbocycles. The van der Waals surface area contributed by atoms with Crippen LogP contribution in [-0.4, -0.2) is 20.6 Å². The van der Waals surface area contributed by atoms with Crippen molar-refractivity contribution in [1.82, 2.24) is 9.55 Å². The van der Waals surface area contributed by atoms with Crippen molar-refractivity contribution in [3.63, 3.8) is 0 Å². The van der Waals surface area contributed by atoms with Gasteiger partial charge in [-0.3, -0.25) is 0 Å². The van der Waals surface area contributed by atoms with Gasteiger partial charge in [0, 0.05) is 12.2 Å². The minimum Gasteiger partial charge on any atom is -0.476 e. The number of rotatable bonds is 3. The molecule has 0 spiro atoms. The smallest absolute Gasteiger partial charge is 0.356 e. The summed E-state index contributed by atoms with van der Waals surface area (Å²) >= 11 is 0. The van der Waals surface area contributed by atoms with E-state index in [0.717, 1.165) is 30.9 Å². The summed E-state index contributed by atoms with van der Waals surface area (Å²) < 4.78 is 1.97. The zero-order chi connectivity index (χ0) is 12.4. The molecule has 90 valence electrons. The first-order valence-electron chi connectivity index (χ1n) is 5.71. The van der Waals surface area contributed by atoms with Crippen LogP contribution in [0, 0.1) is 13.8 Å². The topological polar surface area (TPSA) is 55.1 Å². The van der Waals surface area contributed by atoms with Crippen LogP contribution in [-0.2, 0) is 6.54 Å². The molecule has 0 aliphatic heterocycles. The predicted molar refractivity (Wildman–Crippen MR) is 65.1 cm³/mol. The summed E-state index contributed by atoms with van der Waals surface area (Å²) in [4.78, 5) is 15.1. The highest BCUT2D eigenvalue weighted by Crippen LogP contribution is 2.18. The van der Waals surface area contributed by atoms with Gasteiger partial charge in [0.05, 0.1) is 0 Å². The van der Waals surface area contributed by atoms with Crippen molar-refractivity contribution >= 4 is 5.97 Å². The number of carbonyl (C=O) groups is 1. The fraction of sp³-hybridized carbons (Fsp3) is 0.385. The Morgan fingerprint density at radius 1 is 1.53 bits per heavy atom. The molecule has 0 saturated carbocycles. The molecular formula is C13H16N2O2. The molecule has 4 heteroatoms. The average molecular weight is 232 g/mol. The van der Waals surface area contributed by atoms with Gasteiger partial charge >= 0.3 is 5.97 Å². The standard InChI is InChI=1S/C13H16N2O2/c1-9-12(13(16)17)14-10(2)15(9)8-11-6-4-3-5-7-11/h3-4,6H,5,7-8H2,1-2H3,(H,16,17). The normalized spacial score (nSPS) is 14.8. The van der Waals surface area contributed by atoms with Gasteiger partial charge in [-0.05, 0) is 26.7 Å². The van der Waals surface area contributed by atoms with E-state index >= 15 is 0 Å². The van der Waals surface area contributed by atoms with Crippen LogP contribution in [0.4, 0.5) is 0 Å². The quantitative estimate of drug-likeness (QED) is 0.871. The Hall–Kier alpha value is -1.84. The summed E-state index contributed by atoms with van der Waals surface area (Å²) in [5.41, 5.74) is 2.20. The van der Waals surface area contributed by atoms with E-state index in [9.17, 15) is 4.79 Å². The number of imidazole rings is 1. The van der Waals surface area contributed by atoms with Gasteiger partial charge in [-0.2, -0.15) is 0 Å². The Kier molecular flexibility index (Phi) is 3.13. The maximum Gasteiger partial charge on any atom is 0.356 e. The lowest BCUT2D eigenvalue weighted by molar-refractivity contribution is 0.0690. The van der Waals surface area contributed by atoms with Crippen LogP contribution in [0.15, 0.2) is 23.8 Å². The lowest BCUT2D eigenvalue weighted by Crippen LogP contribution is -2.07. The molecule has 1 aliphatic rings. The van der Waals surface area contributed by atoms with Crippen molar-refractivity contribution in [1.29, 1.82) is 0 Å². The summed E-state index contributed by atoms with van der Waals surface area (Å²) in [6, 6.07) is 0. The number of hydrogen-bond acceptors (Lipinski definition) is 2. The highest BCUT2D eigenvalue weighted by atomic mass is 16.4. The van der Waals surface area contributed by atoms with Crippen molar-refractivity contribution in [3.05, 3.63) is 41.0 Å². The molecule has 4 nitrogen and oxygen atoms in total. The van der Waals surface area contributed by atoms with E-state index in [1.807, 2.05) is 18.4 Å². The summed E-state index contributed by atoms with van der Waals surface area (Å²) in [5.74, 6) is -0.197. The van der Waals surface area contributed by atoms with Gasteiger partial charge in [0.25, 0.3) is 0 Å². The molecule has 0 amide bonds. The van der Waals surface area contributed by atoms with E-state index in [-0.39, 0.29) is 5.69 Å². The Morgan fingerprint density at radius 2 is 2.29 bits per heavy atom. The van der Waals surface area contributed by atoms with Crippen LogP contribution in [0.25, 0.3) is 0 Å². The summed E-state index contributed by atoms with van der Waals surface area (Å²) in [5, 5.41) is 9.01. The molecule has 0 bridgehead atoms. The fourth-order valence-electron chi connectivity index (χ4n) is 2.10. The van der Waals surface area contributed by atoms with Crippen molar-refractivity contribution in [2.75, 3.05) is 0 Å². The number of aromatic nitrogens is 2. The van der Waals surface area contributed by atoms with Gasteiger partial charge in [-0.1, -0.05) is 23.8 Å². The largest absolute Gasteiger partial charge is 0.476 e. The van der Waals surface area contributed by atoms with E-state index in [1.54, 1.807) is 0 Å². The molecule has 1 aromatic heterocycles. The first kappa shape index (κ1) is 11.6. The third kappa shape index (κ3) is 2.30. The molecule has 17 heavy (non-hydrogen) atoms. The summed E-state index contributed by atoms with van der Waals surface area (Å²) in [6.07, 6.45) is 8.39. The Labute approximate surface area is 100 Å². The van der Waals surface area contributed by atoms with Crippen molar-refractivity contribution < 1.29 is 9.90 Å². The number of allylic oxidation sites excluding steroid dienone is 4. The van der Waals surface area contributed by atoms with Gasteiger partial charge in [0.2, 0.25) is 0 Å². The summed E-state index contributed by atoms with van der Waals surface area (Å²) in [7, 11) is 0. The van der Waals surface area contributed by atoms with Crippen molar-refractivity contribution in [3.8, 4) is 0 Å². The van der Waals surface area contributed by atoms with E-state index in [0.29, 0.717) is 0 Å². The molecule has 0 atom stereocenters. The molecule has 0 aromatic carbocycles. The highest BCUT2D eigenvalue weighted by Gasteiger charge is 2.17. The maximum absolute atomic E-state index is 11.0. The lowest BCUT2D eigenvalue weighted by atomic mass is 10.1. The van der Waals surface area contributed by atoms with Gasteiger partial charge in [0.15, 0.2) is 5.69 Å². The van der Waals surface area contributed by atoms with Crippen LogP contribution < -0.4 is 0 Å². The first-order valence-corrected chi connectivity index (χ1v) is 5.71. The zero-order valence-corrected chi connectivity index (χ0v) is 10.1. The second-order valence-corrected chi connectivity index (χ2v) is 4.28. The molecule has 1 aromatic rings. The molecule has 2 rings (SSSR count). The molecule has 0 fully saturated rings. The fourth-order valence-corrected chi connectivity index (χ4v) is 2.10. The van der Waals surface area contributed by atoms with Gasteiger partial charge in [-0.15, -0.1) is 0 Å². The molecular weight excluding hydrogens is 216 g/mol. The highest BCUT2D eigenvalue weighted by molar-refractivity contribution is 5.86. The van der Waals surface area contributed by atoms with E-state index in [2.05, 4.69) is 23.2 Å². The van der Waals surface area contributed by atoms with Crippen LogP contribution in [0.2, 0.25) is 0 Å². The lowest BCUT2D eigenvalue weighted by Gasteiger charge is -2.12. The van der Waals surface area contributed by atoms with E-state index in [4.69, 9.17) is 5.11 Å². The van der Waals surface area contributed by atoms with Crippen molar-refractivity contribution in [2.24, 2.45) is 0 Å². The van der Waals surface area contributed by atoms with Gasteiger partial charge in [0.1, 0.15) is 5.82 Å². The van der Waals surface area contributed by atoms with Crippen molar-refractivity contribution in [2.45, 2.75) is 33.2 Å². The third-order valence-corrected chi connectivity index (χ3v) is 3.08. The minimum absolute atomic E-state index is 0.162. The predicted octanol–water partition coefficient (Wildman–Crippen LogP) is 2.47. The summed E-state index contributed by atoms with van der Waals surface area (Å²) in [6.45, 7) is 4.39. The number of nitrogens with zero attached hydrogens (tertiary/aromatic N) is 2. The number of hydrogen-bond donors (Lipinski definition) is 1. The Balaban J connectivity index is 2.29. The average Bonchev–Trinajstić information content (AvgIpc) is 2.58. The first-order chi connectivity index (χ1) is 8.09. The number of carboxylic acids is 1. The second kappa shape index (κ2) is 4.57. The van der Waals surface area contributed by atoms with E-state index < -0.39 is 5.97 Å².